The van der Waals surface area contributed by atoms with E-state index in [1.807, 2.05) is 17.5 Å². The van der Waals surface area contributed by atoms with Crippen LogP contribution in [0.4, 0.5) is 0 Å². The standard InChI is InChI=1S/C17H19NO4S/c19-13-8-6-12(7-9-13)11-15(17(21)22)18-16(20)5-1-3-14-4-2-10-23-14/h2,4,6-10,15,19H,1,3,5,11H2,(H,18,20)(H,21,22)/p-1/t15-/m1/s1. The quantitative estimate of drug-likeness (QED) is 0.761. The highest BCUT2D eigenvalue weighted by atomic mass is 32.1. The van der Waals surface area contributed by atoms with E-state index in [1.54, 1.807) is 23.5 Å². The Kier molecular flexibility index (Phi) is 6.17. The van der Waals surface area contributed by atoms with Crippen LogP contribution in [0.15, 0.2) is 41.8 Å². The van der Waals surface area contributed by atoms with Crippen LogP contribution in [0.3, 0.4) is 0 Å². The summed E-state index contributed by atoms with van der Waals surface area (Å²) in [5, 5.41) is 24.9. The molecule has 6 heteroatoms. The highest BCUT2D eigenvalue weighted by Gasteiger charge is 2.14. The number of aliphatic carboxylic acids is 1. The molecule has 2 rings (SSSR count). The molecule has 0 saturated carbocycles. The van der Waals surface area contributed by atoms with Crippen LogP contribution < -0.4 is 10.4 Å². The fourth-order valence-electron chi connectivity index (χ4n) is 2.21. The normalized spacial score (nSPS) is 11.8. The van der Waals surface area contributed by atoms with Gasteiger partial charge >= 0.3 is 0 Å². The number of amides is 1. The van der Waals surface area contributed by atoms with Gasteiger partial charge in [-0.05, 0) is 48.4 Å². The van der Waals surface area contributed by atoms with Gasteiger partial charge in [0.2, 0.25) is 5.91 Å². The highest BCUT2D eigenvalue weighted by molar-refractivity contribution is 7.09. The lowest BCUT2D eigenvalue weighted by Gasteiger charge is -2.20. The third kappa shape index (κ3) is 5.75. The summed E-state index contributed by atoms with van der Waals surface area (Å²) in [6, 6.07) is 9.09. The highest BCUT2D eigenvalue weighted by Crippen LogP contribution is 2.13. The van der Waals surface area contributed by atoms with Crippen molar-refractivity contribution in [2.75, 3.05) is 0 Å². The molecule has 2 N–H and O–H groups in total. The third-order valence-electron chi connectivity index (χ3n) is 3.40. The lowest BCUT2D eigenvalue weighted by Crippen LogP contribution is -2.49. The van der Waals surface area contributed by atoms with Gasteiger partial charge in [-0.2, -0.15) is 0 Å². The SMILES string of the molecule is O=C(CCCc1cccs1)N[C@H](Cc1ccc(O)cc1)C(=O)[O-]. The second kappa shape index (κ2) is 8.33. The number of hydrogen-bond acceptors (Lipinski definition) is 5. The van der Waals surface area contributed by atoms with Gasteiger partial charge in [0.15, 0.2) is 0 Å². The van der Waals surface area contributed by atoms with Gasteiger partial charge in [-0.3, -0.25) is 4.79 Å². The van der Waals surface area contributed by atoms with E-state index in [2.05, 4.69) is 5.32 Å². The molecule has 122 valence electrons. The van der Waals surface area contributed by atoms with E-state index in [0.29, 0.717) is 12.0 Å². The van der Waals surface area contributed by atoms with Crippen molar-refractivity contribution in [2.45, 2.75) is 31.7 Å². The van der Waals surface area contributed by atoms with E-state index < -0.39 is 12.0 Å². The first kappa shape index (κ1) is 17.0. The summed E-state index contributed by atoms with van der Waals surface area (Å²) in [7, 11) is 0. The van der Waals surface area contributed by atoms with Gasteiger partial charge in [-0.15, -0.1) is 11.3 Å². The number of hydrogen-bond donors (Lipinski definition) is 2. The van der Waals surface area contributed by atoms with Gasteiger partial charge in [0.05, 0.1) is 12.0 Å². The Labute approximate surface area is 138 Å². The fraction of sp³-hybridized carbons (Fsp3) is 0.294. The summed E-state index contributed by atoms with van der Waals surface area (Å²) in [6.07, 6.45) is 1.88. The van der Waals surface area contributed by atoms with Gasteiger partial charge < -0.3 is 20.3 Å². The van der Waals surface area contributed by atoms with Crippen molar-refractivity contribution in [1.29, 1.82) is 0 Å². The summed E-state index contributed by atoms with van der Waals surface area (Å²) >= 11 is 1.64. The lowest BCUT2D eigenvalue weighted by atomic mass is 10.1. The average Bonchev–Trinajstić information content (AvgIpc) is 3.02. The average molecular weight is 332 g/mol. The van der Waals surface area contributed by atoms with Gasteiger partial charge in [0.25, 0.3) is 0 Å². The van der Waals surface area contributed by atoms with Crippen molar-refractivity contribution >= 4 is 23.2 Å². The smallest absolute Gasteiger partial charge is 0.220 e. The number of carbonyl (C=O) groups excluding carboxylic acids is 2. The van der Waals surface area contributed by atoms with Crippen molar-refractivity contribution in [3.63, 3.8) is 0 Å². The Bertz CT molecular complexity index is 637. The van der Waals surface area contributed by atoms with E-state index >= 15 is 0 Å². The number of thiophene rings is 1. The number of benzene rings is 1. The zero-order chi connectivity index (χ0) is 16.7. The maximum Gasteiger partial charge on any atom is 0.220 e. The zero-order valence-corrected chi connectivity index (χ0v) is 13.3. The number of carbonyl (C=O) groups is 2. The third-order valence-corrected chi connectivity index (χ3v) is 4.34. The molecule has 5 nitrogen and oxygen atoms in total. The number of carboxylic acid groups (broad SMARTS) is 1. The molecule has 1 aromatic heterocycles. The van der Waals surface area contributed by atoms with E-state index in [0.717, 1.165) is 6.42 Å². The van der Waals surface area contributed by atoms with Crippen LogP contribution in [0.25, 0.3) is 0 Å². The van der Waals surface area contributed by atoms with Crippen molar-refractivity contribution < 1.29 is 19.8 Å². The first-order valence-electron chi connectivity index (χ1n) is 7.35. The van der Waals surface area contributed by atoms with Crippen LogP contribution in [0.1, 0.15) is 23.3 Å². The van der Waals surface area contributed by atoms with Crippen molar-refractivity contribution in [2.24, 2.45) is 0 Å². The largest absolute Gasteiger partial charge is 0.548 e. The van der Waals surface area contributed by atoms with Crippen LogP contribution >= 0.6 is 11.3 Å². The van der Waals surface area contributed by atoms with Crippen molar-refractivity contribution in [1.82, 2.24) is 5.32 Å². The Balaban J connectivity index is 1.82. The second-order valence-electron chi connectivity index (χ2n) is 5.24. The molecule has 1 heterocycles. The van der Waals surface area contributed by atoms with Crippen molar-refractivity contribution in [3.05, 3.63) is 52.2 Å². The maximum absolute atomic E-state index is 11.9. The van der Waals surface area contributed by atoms with Crippen molar-refractivity contribution in [3.8, 4) is 5.75 Å². The Hall–Kier alpha value is -2.34. The van der Waals surface area contributed by atoms with Crippen LogP contribution in [-0.4, -0.2) is 23.0 Å². The van der Waals surface area contributed by atoms with Gasteiger partial charge in [-0.25, -0.2) is 0 Å². The van der Waals surface area contributed by atoms with Crippen LogP contribution in [-0.2, 0) is 22.4 Å². The van der Waals surface area contributed by atoms with Crippen LogP contribution in [0.5, 0.6) is 5.75 Å². The number of rotatable bonds is 8. The number of phenolic OH excluding ortho intramolecular Hbond substituents is 1. The zero-order valence-electron chi connectivity index (χ0n) is 12.5. The lowest BCUT2D eigenvalue weighted by molar-refractivity contribution is -0.308. The van der Waals surface area contributed by atoms with E-state index in [-0.39, 0.29) is 24.5 Å². The molecule has 23 heavy (non-hydrogen) atoms. The molecule has 1 atom stereocenters. The predicted octanol–water partition coefficient (Wildman–Crippen LogP) is 1.25. The van der Waals surface area contributed by atoms with E-state index in [4.69, 9.17) is 0 Å². The summed E-state index contributed by atoms with van der Waals surface area (Å²) in [5.41, 5.74) is 0.705. The second-order valence-corrected chi connectivity index (χ2v) is 6.27. The first-order chi connectivity index (χ1) is 11.0. The van der Waals surface area contributed by atoms with Gasteiger partial charge in [0.1, 0.15) is 5.75 Å². The predicted molar refractivity (Wildman–Crippen MR) is 86.0 cm³/mol. The molecule has 1 aromatic carbocycles. The Morgan fingerprint density at radius 2 is 1.96 bits per heavy atom. The van der Waals surface area contributed by atoms with Crippen LogP contribution in [0.2, 0.25) is 0 Å². The molecule has 0 aliphatic carbocycles. The topological polar surface area (TPSA) is 89.5 Å². The molecule has 0 bridgehead atoms. The van der Waals surface area contributed by atoms with E-state index in [1.165, 1.54) is 17.0 Å². The summed E-state index contributed by atoms with van der Waals surface area (Å²) in [4.78, 5) is 24.3. The number of nitrogens with one attached hydrogen (secondary N) is 1. The molecule has 1 amide bonds. The maximum atomic E-state index is 11.9. The molecule has 0 fully saturated rings. The fourth-order valence-corrected chi connectivity index (χ4v) is 2.96. The molecule has 0 saturated heterocycles. The first-order valence-corrected chi connectivity index (χ1v) is 8.23. The minimum absolute atomic E-state index is 0.108. The number of aromatic hydroxyl groups is 1. The molecular formula is C17H18NO4S-. The Morgan fingerprint density at radius 1 is 1.22 bits per heavy atom. The molecule has 0 radical (unpaired) electrons. The molecule has 0 aliphatic rings. The molecule has 0 unspecified atom stereocenters. The van der Waals surface area contributed by atoms with Crippen LogP contribution in [0, 0.1) is 0 Å². The summed E-state index contributed by atoms with van der Waals surface area (Å²) < 4.78 is 0. The monoisotopic (exact) mass is 332 g/mol. The van der Waals surface area contributed by atoms with E-state index in [9.17, 15) is 19.8 Å². The molecular weight excluding hydrogens is 314 g/mol. The Morgan fingerprint density at radius 3 is 2.57 bits per heavy atom. The minimum atomic E-state index is -1.32. The molecule has 0 aliphatic heterocycles. The minimum Gasteiger partial charge on any atom is -0.548 e. The summed E-state index contributed by atoms with van der Waals surface area (Å²) in [5.74, 6) is -1.50. The molecule has 2 aromatic rings. The van der Waals surface area contributed by atoms with Gasteiger partial charge in [0, 0.05) is 11.3 Å². The van der Waals surface area contributed by atoms with Gasteiger partial charge in [-0.1, -0.05) is 18.2 Å². The molecule has 0 spiro atoms. The number of carboxylic acids is 1. The summed E-state index contributed by atoms with van der Waals surface area (Å²) in [6.45, 7) is 0. The number of aryl methyl sites for hydroxylation is 1. The number of phenols is 1.